The zero-order valence-corrected chi connectivity index (χ0v) is 19.1. The van der Waals surface area contributed by atoms with Crippen molar-refractivity contribution < 1.29 is 19.1 Å². The Balaban J connectivity index is 2.20. The summed E-state index contributed by atoms with van der Waals surface area (Å²) in [5.74, 6) is 0.909. The molecule has 7 heteroatoms. The van der Waals surface area contributed by atoms with E-state index < -0.39 is 6.04 Å². The largest absolute Gasteiger partial charge is 0.497 e. The third kappa shape index (κ3) is 6.92. The highest BCUT2D eigenvalue weighted by atomic mass is 127. The van der Waals surface area contributed by atoms with E-state index in [-0.39, 0.29) is 18.4 Å². The van der Waals surface area contributed by atoms with Gasteiger partial charge in [0.25, 0.3) is 5.91 Å². The Bertz CT molecular complexity index is 811. The normalized spacial score (nSPS) is 11.4. The Hall–Kier alpha value is -2.29. The SMILES string of the molecule is CCNC(=O)C(CC)N(Cc1cccc(OC)c1)C(=O)COc1ccc(I)cc1. The van der Waals surface area contributed by atoms with Gasteiger partial charge in [0, 0.05) is 16.7 Å². The van der Waals surface area contributed by atoms with E-state index in [0.717, 1.165) is 9.13 Å². The number of hydrogen-bond acceptors (Lipinski definition) is 4. The molecule has 0 aliphatic carbocycles. The fraction of sp³-hybridized carbons (Fsp3) is 0.364. The zero-order valence-electron chi connectivity index (χ0n) is 17.0. The van der Waals surface area contributed by atoms with Crippen LogP contribution in [0.4, 0.5) is 0 Å². The molecule has 0 spiro atoms. The molecule has 2 aromatic rings. The van der Waals surface area contributed by atoms with Gasteiger partial charge >= 0.3 is 0 Å². The molecule has 0 aromatic heterocycles. The van der Waals surface area contributed by atoms with Gasteiger partial charge in [-0.15, -0.1) is 0 Å². The number of nitrogens with zero attached hydrogens (tertiary/aromatic N) is 1. The molecule has 0 heterocycles. The molecule has 2 rings (SSSR count). The van der Waals surface area contributed by atoms with E-state index in [2.05, 4.69) is 27.9 Å². The van der Waals surface area contributed by atoms with Gasteiger partial charge in [0.15, 0.2) is 6.61 Å². The van der Waals surface area contributed by atoms with Crippen molar-refractivity contribution in [2.45, 2.75) is 32.9 Å². The van der Waals surface area contributed by atoms with Crippen LogP contribution in [0.1, 0.15) is 25.8 Å². The van der Waals surface area contributed by atoms with Gasteiger partial charge in [-0.1, -0.05) is 19.1 Å². The Morgan fingerprint density at radius 1 is 1.10 bits per heavy atom. The third-order valence-corrected chi connectivity index (χ3v) is 5.12. The number of carbonyl (C=O) groups excluding carboxylic acids is 2. The predicted molar refractivity (Wildman–Crippen MR) is 121 cm³/mol. The summed E-state index contributed by atoms with van der Waals surface area (Å²) in [5.41, 5.74) is 0.884. The van der Waals surface area contributed by atoms with Crippen molar-refractivity contribution in [1.29, 1.82) is 0 Å². The standard InChI is InChI=1S/C22H27IN2O4/c1-4-20(22(27)24-5-2)25(14-16-7-6-8-19(13-16)28-3)21(26)15-29-18-11-9-17(23)10-12-18/h6-13,20H,4-5,14-15H2,1-3H3,(H,24,27). The predicted octanol–water partition coefficient (Wildman–Crippen LogP) is 3.62. The molecule has 1 atom stereocenters. The van der Waals surface area contributed by atoms with Gasteiger partial charge in [-0.05, 0) is 77.9 Å². The zero-order chi connectivity index (χ0) is 21.2. The van der Waals surface area contributed by atoms with E-state index in [9.17, 15) is 9.59 Å². The van der Waals surface area contributed by atoms with Crippen LogP contribution in [-0.4, -0.2) is 43.0 Å². The summed E-state index contributed by atoms with van der Waals surface area (Å²) in [6.07, 6.45) is 0.505. The summed E-state index contributed by atoms with van der Waals surface area (Å²) in [4.78, 5) is 27.2. The van der Waals surface area contributed by atoms with Crippen LogP contribution < -0.4 is 14.8 Å². The van der Waals surface area contributed by atoms with E-state index in [4.69, 9.17) is 9.47 Å². The Labute approximate surface area is 185 Å². The summed E-state index contributed by atoms with van der Waals surface area (Å²) in [6.45, 7) is 4.42. The van der Waals surface area contributed by atoms with Gasteiger partial charge in [0.2, 0.25) is 5.91 Å². The van der Waals surface area contributed by atoms with E-state index >= 15 is 0 Å². The van der Waals surface area contributed by atoms with E-state index in [1.165, 1.54) is 0 Å². The molecular formula is C22H27IN2O4. The highest BCUT2D eigenvalue weighted by Gasteiger charge is 2.28. The van der Waals surface area contributed by atoms with Gasteiger partial charge in [0.1, 0.15) is 17.5 Å². The molecular weight excluding hydrogens is 483 g/mol. The number of ether oxygens (including phenoxy) is 2. The van der Waals surface area contributed by atoms with Crippen LogP contribution in [0.25, 0.3) is 0 Å². The van der Waals surface area contributed by atoms with E-state index in [0.29, 0.717) is 31.0 Å². The first-order valence-corrected chi connectivity index (χ1v) is 10.6. The second kappa shape index (κ2) is 11.6. The first-order chi connectivity index (χ1) is 14.0. The van der Waals surface area contributed by atoms with Crippen LogP contribution in [0.3, 0.4) is 0 Å². The number of carbonyl (C=O) groups is 2. The Morgan fingerprint density at radius 3 is 2.45 bits per heavy atom. The van der Waals surface area contributed by atoms with Gasteiger partial charge in [0.05, 0.1) is 7.11 Å². The van der Waals surface area contributed by atoms with Crippen molar-refractivity contribution in [2.75, 3.05) is 20.3 Å². The molecule has 29 heavy (non-hydrogen) atoms. The Kier molecular flexibility index (Phi) is 9.24. The van der Waals surface area contributed by atoms with Crippen molar-refractivity contribution in [3.63, 3.8) is 0 Å². The number of halogens is 1. The molecule has 0 bridgehead atoms. The molecule has 0 radical (unpaired) electrons. The first-order valence-electron chi connectivity index (χ1n) is 9.56. The minimum Gasteiger partial charge on any atom is -0.497 e. The lowest BCUT2D eigenvalue weighted by molar-refractivity contribution is -0.142. The topological polar surface area (TPSA) is 67.9 Å². The van der Waals surface area contributed by atoms with Crippen LogP contribution in [0.15, 0.2) is 48.5 Å². The average Bonchev–Trinajstić information content (AvgIpc) is 2.73. The van der Waals surface area contributed by atoms with Gasteiger partial charge in [-0.2, -0.15) is 0 Å². The quantitative estimate of drug-likeness (QED) is 0.496. The smallest absolute Gasteiger partial charge is 0.261 e. The lowest BCUT2D eigenvalue weighted by Gasteiger charge is -2.30. The summed E-state index contributed by atoms with van der Waals surface area (Å²) in [5, 5.41) is 2.82. The summed E-state index contributed by atoms with van der Waals surface area (Å²) in [6, 6.07) is 14.4. The molecule has 2 aromatic carbocycles. The van der Waals surface area contributed by atoms with Crippen molar-refractivity contribution in [3.8, 4) is 11.5 Å². The number of methoxy groups -OCH3 is 1. The number of rotatable bonds is 10. The van der Waals surface area contributed by atoms with Crippen LogP contribution >= 0.6 is 22.6 Å². The summed E-state index contributed by atoms with van der Waals surface area (Å²) in [7, 11) is 1.60. The van der Waals surface area contributed by atoms with Crippen LogP contribution in [0.2, 0.25) is 0 Å². The fourth-order valence-corrected chi connectivity index (χ4v) is 3.30. The van der Waals surface area contributed by atoms with Crippen LogP contribution in [-0.2, 0) is 16.1 Å². The molecule has 6 nitrogen and oxygen atoms in total. The number of likely N-dealkylation sites (N-methyl/N-ethyl adjacent to an activating group) is 1. The first kappa shape index (κ1) is 23.0. The second-order valence-corrected chi connectivity index (χ2v) is 7.68. The summed E-state index contributed by atoms with van der Waals surface area (Å²) >= 11 is 2.21. The number of amides is 2. The monoisotopic (exact) mass is 510 g/mol. The van der Waals surface area contributed by atoms with Crippen molar-refractivity contribution in [3.05, 3.63) is 57.7 Å². The molecule has 156 valence electrons. The highest BCUT2D eigenvalue weighted by Crippen LogP contribution is 2.18. The number of hydrogen-bond donors (Lipinski definition) is 1. The number of benzene rings is 2. The summed E-state index contributed by atoms with van der Waals surface area (Å²) < 4.78 is 12.0. The Morgan fingerprint density at radius 2 is 1.83 bits per heavy atom. The maximum atomic E-state index is 13.0. The molecule has 0 saturated heterocycles. The molecule has 2 amide bonds. The average molecular weight is 510 g/mol. The van der Waals surface area contributed by atoms with Crippen LogP contribution in [0.5, 0.6) is 11.5 Å². The van der Waals surface area contributed by atoms with Gasteiger partial charge in [-0.3, -0.25) is 9.59 Å². The van der Waals surface area contributed by atoms with Gasteiger partial charge in [-0.25, -0.2) is 0 Å². The number of nitrogens with one attached hydrogen (secondary N) is 1. The molecule has 0 aliphatic heterocycles. The fourth-order valence-electron chi connectivity index (χ4n) is 2.94. The molecule has 1 unspecified atom stereocenters. The molecule has 1 N–H and O–H groups in total. The van der Waals surface area contributed by atoms with Crippen molar-refractivity contribution in [1.82, 2.24) is 10.2 Å². The molecule has 0 aliphatic rings. The van der Waals surface area contributed by atoms with Gasteiger partial charge < -0.3 is 19.7 Å². The van der Waals surface area contributed by atoms with E-state index in [1.807, 2.05) is 62.4 Å². The highest BCUT2D eigenvalue weighted by molar-refractivity contribution is 14.1. The molecule has 0 saturated carbocycles. The van der Waals surface area contributed by atoms with E-state index in [1.54, 1.807) is 12.0 Å². The van der Waals surface area contributed by atoms with Crippen LogP contribution in [0, 0.1) is 3.57 Å². The maximum Gasteiger partial charge on any atom is 0.261 e. The lowest BCUT2D eigenvalue weighted by atomic mass is 10.1. The molecule has 0 fully saturated rings. The maximum absolute atomic E-state index is 13.0. The third-order valence-electron chi connectivity index (χ3n) is 4.40. The van der Waals surface area contributed by atoms with Crippen molar-refractivity contribution in [2.24, 2.45) is 0 Å². The van der Waals surface area contributed by atoms with Crippen molar-refractivity contribution >= 4 is 34.4 Å². The minimum atomic E-state index is -0.575. The second-order valence-electron chi connectivity index (χ2n) is 6.43. The minimum absolute atomic E-state index is 0.138. The lowest BCUT2D eigenvalue weighted by Crippen LogP contribution is -2.50.